The van der Waals surface area contributed by atoms with E-state index in [9.17, 15) is 50.8 Å². The summed E-state index contributed by atoms with van der Waals surface area (Å²) in [5, 5.41) is 26.9. The van der Waals surface area contributed by atoms with Gasteiger partial charge < -0.3 is 34.8 Å². The van der Waals surface area contributed by atoms with Gasteiger partial charge in [-0.2, -0.15) is 28.1 Å². The number of alkyl halides is 3. The second-order valence-electron chi connectivity index (χ2n) is 11.3. The van der Waals surface area contributed by atoms with E-state index in [1.807, 2.05) is 26.1 Å². The minimum absolute atomic E-state index is 0.189. The summed E-state index contributed by atoms with van der Waals surface area (Å²) in [6.45, 7) is 6.25. The highest BCUT2D eigenvalue weighted by molar-refractivity contribution is 7.94. The Bertz CT molecular complexity index is 1940. The Morgan fingerprint density at radius 1 is 1.07 bits per heavy atom. The van der Waals surface area contributed by atoms with Crippen LogP contribution >= 0.6 is 30.8 Å². The Balaban J connectivity index is 0.000000892. The zero-order valence-corrected chi connectivity index (χ0v) is 34.7. The van der Waals surface area contributed by atoms with E-state index in [2.05, 4.69) is 44.4 Å². The highest BCUT2D eigenvalue weighted by Crippen LogP contribution is 2.37. The summed E-state index contributed by atoms with van der Waals surface area (Å²) in [4.78, 5) is 61.9. The number of aromatic nitrogens is 3. The van der Waals surface area contributed by atoms with Crippen LogP contribution in [-0.4, -0.2) is 101 Å². The minimum Gasteiger partial charge on any atom is -0.778 e. The van der Waals surface area contributed by atoms with Crippen LogP contribution in [0.25, 0.3) is 0 Å². The van der Waals surface area contributed by atoms with E-state index in [-0.39, 0.29) is 22.8 Å². The first-order valence-corrected chi connectivity index (χ1v) is 22.1. The van der Waals surface area contributed by atoms with Crippen molar-refractivity contribution in [2.24, 2.45) is 0 Å². The molecule has 0 fully saturated rings. The SMILES string of the molecule is CCNc1nc(Cl)nc(NC(C)C)n1.CS(=O)(=O)NC(=O)c1cc(Oc2ccc(C(F)(F)F)cc2Cl)ccc1[N+](=O)[O-].C[S+](C)C.O=C(O)CNCP(=O)([O-])O. The average molecular weight is 900 g/mol. The number of ether oxygens (including phenoxy) is 1. The van der Waals surface area contributed by atoms with Crippen LogP contribution in [0.3, 0.4) is 0 Å². The number of benzene rings is 2. The van der Waals surface area contributed by atoms with Gasteiger partial charge in [-0.25, -0.2) is 13.1 Å². The molecule has 1 unspecified atom stereocenters. The molecule has 1 heterocycles. The van der Waals surface area contributed by atoms with Crippen LogP contribution in [0, 0.1) is 10.1 Å². The molecule has 0 aliphatic carbocycles. The van der Waals surface area contributed by atoms with Crippen LogP contribution in [0.4, 0.5) is 30.8 Å². The first-order chi connectivity index (χ1) is 25.5. The van der Waals surface area contributed by atoms with Crippen molar-refractivity contribution in [1.29, 1.82) is 0 Å². The van der Waals surface area contributed by atoms with Gasteiger partial charge in [0, 0.05) is 24.7 Å². The molecule has 0 saturated carbocycles. The molecule has 0 saturated heterocycles. The first kappa shape index (κ1) is 52.0. The minimum atomic E-state index is -4.62. The van der Waals surface area contributed by atoms with Gasteiger partial charge in [0.1, 0.15) is 24.7 Å². The molecule has 0 aliphatic rings. The number of rotatable bonds is 13. The van der Waals surface area contributed by atoms with E-state index in [1.54, 1.807) is 4.72 Å². The number of nitro groups is 1. The van der Waals surface area contributed by atoms with Crippen molar-refractivity contribution >= 4 is 81.2 Å². The number of nitrogens with one attached hydrogen (secondary N) is 4. The summed E-state index contributed by atoms with van der Waals surface area (Å²) in [5.41, 5.74) is -2.34. The molecule has 2 aromatic carbocycles. The van der Waals surface area contributed by atoms with Gasteiger partial charge >= 0.3 is 12.1 Å². The van der Waals surface area contributed by atoms with Crippen molar-refractivity contribution in [3.8, 4) is 11.5 Å². The van der Waals surface area contributed by atoms with Crippen molar-refractivity contribution in [2.45, 2.75) is 33.0 Å². The molecular formula is C29H40Cl2F3N8O11PS2. The van der Waals surface area contributed by atoms with Gasteiger partial charge in [0.2, 0.25) is 27.2 Å². The summed E-state index contributed by atoms with van der Waals surface area (Å²) in [7, 11) is -7.71. The molecular weight excluding hydrogens is 859 g/mol. The number of nitro benzene ring substituents is 1. The summed E-state index contributed by atoms with van der Waals surface area (Å²) < 4.78 is 77.2. The molecule has 0 bridgehead atoms. The summed E-state index contributed by atoms with van der Waals surface area (Å²) in [6.07, 6.45) is 1.94. The number of sulfonamides is 1. The van der Waals surface area contributed by atoms with Gasteiger partial charge in [0.15, 0.2) is 0 Å². The van der Waals surface area contributed by atoms with Gasteiger partial charge in [0.25, 0.3) is 11.6 Å². The Labute approximate surface area is 332 Å². The molecule has 3 aromatic rings. The lowest BCUT2D eigenvalue weighted by Crippen LogP contribution is -2.29. The maximum absolute atomic E-state index is 12.7. The third-order valence-corrected chi connectivity index (χ3v) is 6.77. The molecule has 6 N–H and O–H groups in total. The third kappa shape index (κ3) is 23.8. The van der Waals surface area contributed by atoms with E-state index in [1.165, 1.54) is 0 Å². The van der Waals surface area contributed by atoms with Gasteiger partial charge in [-0.3, -0.25) is 25.0 Å². The molecule has 1 amide bonds. The molecule has 1 aromatic heterocycles. The van der Waals surface area contributed by atoms with Crippen LogP contribution in [-0.2, 0) is 36.5 Å². The largest absolute Gasteiger partial charge is 0.778 e. The van der Waals surface area contributed by atoms with Crippen molar-refractivity contribution in [3.05, 3.63) is 67.9 Å². The third-order valence-electron chi connectivity index (χ3n) is 5.12. The maximum Gasteiger partial charge on any atom is 0.416 e. The zero-order chi connectivity index (χ0) is 43.6. The quantitative estimate of drug-likeness (QED) is 0.0607. The second-order valence-corrected chi connectivity index (χ2v) is 17.8. The predicted molar refractivity (Wildman–Crippen MR) is 205 cm³/mol. The van der Waals surface area contributed by atoms with Crippen molar-refractivity contribution < 1.29 is 60.3 Å². The lowest BCUT2D eigenvalue weighted by atomic mass is 10.1. The fourth-order valence-corrected chi connectivity index (χ4v) is 4.46. The Morgan fingerprint density at radius 3 is 2.09 bits per heavy atom. The molecule has 19 nitrogen and oxygen atoms in total. The van der Waals surface area contributed by atoms with E-state index in [4.69, 9.17) is 37.9 Å². The highest BCUT2D eigenvalue weighted by Gasteiger charge is 2.31. The van der Waals surface area contributed by atoms with Gasteiger partial charge in [-0.1, -0.05) is 11.6 Å². The molecule has 27 heteroatoms. The number of halogens is 5. The standard InChI is InChI=1S/C15H10ClF3N2O6S.C8H14ClN5.C3H8NO5P.C3H9S/c1-28(25,26)20-14(22)10-7-9(3-4-12(10)21(23)24)27-13-5-2-8(6-11(13)16)15(17,18)19;1-4-10-7-12-6(9)13-8(14-7)11-5(2)3;5-3(6)1-4-2-10(7,8)9;1-4(2)3/h2-7H,1H3,(H,20,22);5H,4H2,1-3H3,(H2,10,11,12,13,14);4H,1-2H2,(H,5,6)(H2,7,8,9);1-3H3/q;;;+1/p-1. The predicted octanol–water partition coefficient (Wildman–Crippen LogP) is 4.18. The number of carbonyl (C=O) groups excluding carboxylic acids is 1. The van der Waals surface area contributed by atoms with Crippen LogP contribution in [0.2, 0.25) is 10.3 Å². The van der Waals surface area contributed by atoms with Crippen molar-refractivity contribution in [3.63, 3.8) is 0 Å². The lowest BCUT2D eigenvalue weighted by molar-refractivity contribution is -0.385. The van der Waals surface area contributed by atoms with Crippen LogP contribution < -0.4 is 30.3 Å². The topological polar surface area (TPSA) is 288 Å². The number of hydrogen-bond donors (Lipinski definition) is 6. The number of nitrogens with zero attached hydrogens (tertiary/aromatic N) is 4. The summed E-state index contributed by atoms with van der Waals surface area (Å²) >= 11 is 11.5. The van der Waals surface area contributed by atoms with Crippen LogP contribution in [0.1, 0.15) is 36.7 Å². The normalized spacial score (nSPS) is 12.0. The molecule has 0 aliphatic heterocycles. The maximum atomic E-state index is 12.7. The Kier molecular flexibility index (Phi) is 22.2. The number of carboxylic acids is 1. The van der Waals surface area contributed by atoms with Crippen molar-refractivity contribution in [1.82, 2.24) is 25.0 Å². The van der Waals surface area contributed by atoms with Gasteiger partial charge in [-0.05, 0) is 67.5 Å². The Morgan fingerprint density at radius 2 is 1.64 bits per heavy atom. The molecule has 1 atom stereocenters. The molecule has 3 rings (SSSR count). The summed E-state index contributed by atoms with van der Waals surface area (Å²) in [5.74, 6) is -1.86. The monoisotopic (exact) mass is 898 g/mol. The molecule has 314 valence electrons. The molecule has 56 heavy (non-hydrogen) atoms. The first-order valence-electron chi connectivity index (χ1n) is 15.3. The van der Waals surface area contributed by atoms with Crippen LogP contribution in [0.15, 0.2) is 36.4 Å². The number of carboxylic acid groups (broad SMARTS) is 1. The van der Waals surface area contributed by atoms with Gasteiger partial charge in [0.05, 0.1) is 53.4 Å². The van der Waals surface area contributed by atoms with Gasteiger partial charge in [-0.15, -0.1) is 0 Å². The van der Waals surface area contributed by atoms with Crippen LogP contribution in [0.5, 0.6) is 11.5 Å². The molecule has 0 radical (unpaired) electrons. The highest BCUT2D eigenvalue weighted by atomic mass is 35.5. The van der Waals surface area contributed by atoms with E-state index in [0.717, 1.165) is 30.8 Å². The number of carbonyl (C=O) groups is 2. The van der Waals surface area contributed by atoms with E-state index >= 15 is 0 Å². The molecule has 0 spiro atoms. The number of aliphatic carboxylic acids is 1. The number of hydrogen-bond acceptors (Lipinski definition) is 15. The zero-order valence-electron chi connectivity index (χ0n) is 30.7. The number of amides is 1. The second kappa shape index (κ2) is 23.9. The van der Waals surface area contributed by atoms with E-state index < -0.39 is 75.3 Å². The fraction of sp³-hybridized carbons (Fsp3) is 0.414. The lowest BCUT2D eigenvalue weighted by Gasteiger charge is -2.14. The summed E-state index contributed by atoms with van der Waals surface area (Å²) in [6, 6.07) is 5.36. The average Bonchev–Trinajstić information content (AvgIpc) is 2.99. The fourth-order valence-electron chi connectivity index (χ4n) is 3.24. The van der Waals surface area contributed by atoms with Crippen molar-refractivity contribution in [2.75, 3.05) is 55.0 Å². The number of anilines is 2. The van der Waals surface area contributed by atoms with E-state index in [0.29, 0.717) is 41.2 Å². The Hall–Kier alpha value is -4.03. The smallest absolute Gasteiger partial charge is 0.416 e.